The fraction of sp³-hybridized carbons (Fsp3) is 0.100. The zero-order chi connectivity index (χ0) is 19.2. The zero-order valence-electron chi connectivity index (χ0n) is 14.6. The molecular weight excluding hydrogens is 342 g/mol. The summed E-state index contributed by atoms with van der Waals surface area (Å²) in [6.07, 6.45) is 1.55. The van der Waals surface area contributed by atoms with Crippen molar-refractivity contribution in [3.8, 4) is 11.8 Å². The molecule has 3 rings (SSSR count). The van der Waals surface area contributed by atoms with Gasteiger partial charge in [0.2, 0.25) is 11.8 Å². The molecule has 2 aromatic carbocycles. The molecule has 0 saturated heterocycles. The van der Waals surface area contributed by atoms with Gasteiger partial charge in [-0.05, 0) is 29.8 Å². The van der Waals surface area contributed by atoms with Gasteiger partial charge in [0.15, 0.2) is 5.82 Å². The van der Waals surface area contributed by atoms with E-state index in [0.717, 1.165) is 11.3 Å². The predicted molar refractivity (Wildman–Crippen MR) is 101 cm³/mol. The highest BCUT2D eigenvalue weighted by molar-refractivity contribution is 5.93. The number of rotatable bonds is 5. The summed E-state index contributed by atoms with van der Waals surface area (Å²) < 4.78 is 1.52. The van der Waals surface area contributed by atoms with Gasteiger partial charge in [0.05, 0.1) is 18.3 Å². The minimum atomic E-state index is -0.267. The number of aromatic nitrogens is 2. The highest BCUT2D eigenvalue weighted by Gasteiger charge is 2.15. The maximum absolute atomic E-state index is 12.5. The van der Waals surface area contributed by atoms with Crippen LogP contribution in [0.25, 0.3) is 5.69 Å². The highest BCUT2D eigenvalue weighted by Crippen LogP contribution is 2.20. The monoisotopic (exact) mass is 359 g/mol. The first kappa shape index (κ1) is 17.9. The molecule has 0 spiro atoms. The van der Waals surface area contributed by atoms with Crippen molar-refractivity contribution in [1.82, 2.24) is 9.78 Å². The van der Waals surface area contributed by atoms with Crippen LogP contribution in [0.1, 0.15) is 18.1 Å². The maximum atomic E-state index is 12.5. The lowest BCUT2D eigenvalue weighted by Gasteiger charge is -2.10. The lowest BCUT2D eigenvalue weighted by Crippen LogP contribution is -2.18. The molecule has 3 aromatic rings. The molecule has 134 valence electrons. The van der Waals surface area contributed by atoms with Crippen LogP contribution < -0.4 is 10.6 Å². The average molecular weight is 359 g/mol. The van der Waals surface area contributed by atoms with Crippen molar-refractivity contribution in [1.29, 1.82) is 5.26 Å². The number of nitrogens with zero attached hydrogens (tertiary/aromatic N) is 3. The molecule has 0 saturated carbocycles. The van der Waals surface area contributed by atoms with E-state index in [-0.39, 0.29) is 23.8 Å². The summed E-state index contributed by atoms with van der Waals surface area (Å²) >= 11 is 0. The Kier molecular flexibility index (Phi) is 5.28. The van der Waals surface area contributed by atoms with Crippen molar-refractivity contribution < 1.29 is 9.59 Å². The van der Waals surface area contributed by atoms with Crippen LogP contribution in [0.4, 0.5) is 11.5 Å². The van der Waals surface area contributed by atoms with Gasteiger partial charge in [-0.1, -0.05) is 30.3 Å². The molecule has 2 N–H and O–H groups in total. The van der Waals surface area contributed by atoms with Crippen molar-refractivity contribution in [2.75, 3.05) is 10.6 Å². The van der Waals surface area contributed by atoms with Crippen molar-refractivity contribution in [3.05, 3.63) is 71.9 Å². The average Bonchev–Trinajstić information content (AvgIpc) is 3.06. The zero-order valence-corrected chi connectivity index (χ0v) is 14.6. The number of nitrogens with one attached hydrogen (secondary N) is 2. The molecule has 0 radical (unpaired) electrons. The number of benzene rings is 2. The third-order valence-electron chi connectivity index (χ3n) is 3.79. The van der Waals surface area contributed by atoms with Crippen LogP contribution >= 0.6 is 0 Å². The Bertz CT molecular complexity index is 1000. The van der Waals surface area contributed by atoms with E-state index in [0.29, 0.717) is 11.5 Å². The number of nitriles is 1. The third kappa shape index (κ3) is 4.38. The molecule has 0 atom stereocenters. The highest BCUT2D eigenvalue weighted by atomic mass is 16.2. The summed E-state index contributed by atoms with van der Waals surface area (Å²) in [6.45, 7) is 1.43. The molecule has 7 heteroatoms. The van der Waals surface area contributed by atoms with Crippen LogP contribution in [0.5, 0.6) is 0 Å². The van der Waals surface area contributed by atoms with Gasteiger partial charge in [0, 0.05) is 12.6 Å². The molecule has 27 heavy (non-hydrogen) atoms. The van der Waals surface area contributed by atoms with Crippen LogP contribution in [-0.2, 0) is 16.0 Å². The molecular formula is C20H17N5O2. The second-order valence-corrected chi connectivity index (χ2v) is 5.87. The first-order chi connectivity index (χ1) is 13.1. The van der Waals surface area contributed by atoms with E-state index < -0.39 is 0 Å². The Labute approximate surface area is 156 Å². The number of carbonyl (C=O) groups is 2. The van der Waals surface area contributed by atoms with E-state index in [1.165, 1.54) is 17.8 Å². The number of carbonyl (C=O) groups excluding carboxylic acids is 2. The fourth-order valence-corrected chi connectivity index (χ4v) is 2.59. The summed E-state index contributed by atoms with van der Waals surface area (Å²) in [5.74, 6) is -0.0845. The van der Waals surface area contributed by atoms with Gasteiger partial charge >= 0.3 is 0 Å². The molecule has 7 nitrogen and oxygen atoms in total. The van der Waals surface area contributed by atoms with E-state index in [1.807, 2.05) is 36.4 Å². The van der Waals surface area contributed by atoms with E-state index in [4.69, 9.17) is 0 Å². The molecule has 0 fully saturated rings. The van der Waals surface area contributed by atoms with Crippen LogP contribution in [0, 0.1) is 11.3 Å². The molecule has 0 unspecified atom stereocenters. The molecule has 2 amide bonds. The van der Waals surface area contributed by atoms with Crippen molar-refractivity contribution >= 4 is 23.3 Å². The Hall–Kier alpha value is -3.92. The second kappa shape index (κ2) is 7.97. The topological polar surface area (TPSA) is 99.8 Å². The first-order valence-corrected chi connectivity index (χ1v) is 8.27. The smallest absolute Gasteiger partial charge is 0.229 e. The Morgan fingerprint density at radius 2 is 1.78 bits per heavy atom. The third-order valence-corrected chi connectivity index (χ3v) is 3.79. The number of para-hydroxylation sites is 1. The van der Waals surface area contributed by atoms with Crippen molar-refractivity contribution in [3.63, 3.8) is 0 Å². The lowest BCUT2D eigenvalue weighted by atomic mass is 10.1. The molecule has 0 bridgehead atoms. The van der Waals surface area contributed by atoms with Crippen molar-refractivity contribution in [2.24, 2.45) is 0 Å². The van der Waals surface area contributed by atoms with E-state index >= 15 is 0 Å². The summed E-state index contributed by atoms with van der Waals surface area (Å²) in [4.78, 5) is 23.5. The quantitative estimate of drug-likeness (QED) is 0.731. The number of amides is 2. The number of hydrogen-bond donors (Lipinski definition) is 2. The molecule has 1 aromatic heterocycles. The Balaban J connectivity index is 1.75. The van der Waals surface area contributed by atoms with Crippen LogP contribution in [0.15, 0.2) is 60.8 Å². The summed E-state index contributed by atoms with van der Waals surface area (Å²) in [5.41, 5.74) is 2.48. The minimum Gasteiger partial charge on any atom is -0.326 e. The molecule has 1 heterocycles. The lowest BCUT2D eigenvalue weighted by molar-refractivity contribution is -0.116. The number of hydrogen-bond acceptors (Lipinski definition) is 4. The van der Waals surface area contributed by atoms with Crippen LogP contribution in [0.3, 0.4) is 0 Å². The fourth-order valence-electron chi connectivity index (χ4n) is 2.59. The Morgan fingerprint density at radius 3 is 2.41 bits per heavy atom. The van der Waals surface area contributed by atoms with Gasteiger partial charge < -0.3 is 10.6 Å². The largest absolute Gasteiger partial charge is 0.326 e. The van der Waals surface area contributed by atoms with Gasteiger partial charge in [-0.2, -0.15) is 10.4 Å². The van der Waals surface area contributed by atoms with Crippen LogP contribution in [-0.4, -0.2) is 21.6 Å². The Morgan fingerprint density at radius 1 is 1.07 bits per heavy atom. The van der Waals surface area contributed by atoms with Gasteiger partial charge in [0.25, 0.3) is 0 Å². The first-order valence-electron chi connectivity index (χ1n) is 8.27. The van der Waals surface area contributed by atoms with E-state index in [2.05, 4.69) is 15.7 Å². The normalized spacial score (nSPS) is 10.1. The summed E-state index contributed by atoms with van der Waals surface area (Å²) in [7, 11) is 0. The molecule has 0 aliphatic rings. The predicted octanol–water partition coefficient (Wildman–Crippen LogP) is 2.88. The van der Waals surface area contributed by atoms with Gasteiger partial charge in [-0.15, -0.1) is 0 Å². The minimum absolute atomic E-state index is 0.130. The van der Waals surface area contributed by atoms with Gasteiger partial charge in [-0.3, -0.25) is 9.59 Å². The second-order valence-electron chi connectivity index (χ2n) is 5.87. The molecule has 0 aliphatic heterocycles. The van der Waals surface area contributed by atoms with Crippen LogP contribution in [0.2, 0.25) is 0 Å². The maximum Gasteiger partial charge on any atom is 0.229 e. The standard InChI is InChI=1S/C20H17N5O2/c1-14(26)23-17-9-7-15(8-10-17)11-19(27)24-20-16(12-21)13-22-25(20)18-5-3-2-4-6-18/h2-10,13H,11H2,1H3,(H,23,26)(H,24,27). The molecule has 0 aliphatic carbocycles. The van der Waals surface area contributed by atoms with E-state index in [1.54, 1.807) is 24.3 Å². The SMILES string of the molecule is CC(=O)Nc1ccc(CC(=O)Nc2c(C#N)cnn2-c2ccccc2)cc1. The summed E-state index contributed by atoms with van der Waals surface area (Å²) in [6, 6.07) is 18.3. The van der Waals surface area contributed by atoms with Gasteiger partial charge in [-0.25, -0.2) is 4.68 Å². The number of anilines is 2. The van der Waals surface area contributed by atoms with Gasteiger partial charge in [0.1, 0.15) is 11.6 Å². The summed E-state index contributed by atoms with van der Waals surface area (Å²) in [5, 5.41) is 18.9. The van der Waals surface area contributed by atoms with E-state index in [9.17, 15) is 14.9 Å². The van der Waals surface area contributed by atoms with Crippen molar-refractivity contribution in [2.45, 2.75) is 13.3 Å².